The van der Waals surface area contributed by atoms with Gasteiger partial charge >= 0.3 is 5.97 Å². The molecule has 0 spiro atoms. The summed E-state index contributed by atoms with van der Waals surface area (Å²) < 4.78 is 0. The minimum absolute atomic E-state index is 0.0211. The topological polar surface area (TPSA) is 108 Å². The Hall–Kier alpha value is -2.18. The lowest BCUT2D eigenvalue weighted by atomic mass is 10.2. The Morgan fingerprint density at radius 3 is 2.89 bits per heavy atom. The first kappa shape index (κ1) is 12.3. The first-order valence-electron chi connectivity index (χ1n) is 5.68. The summed E-state index contributed by atoms with van der Waals surface area (Å²) in [5, 5.41) is 17.7. The Labute approximate surface area is 103 Å². The number of aromatic nitrogens is 3. The van der Waals surface area contributed by atoms with E-state index in [9.17, 15) is 9.59 Å². The van der Waals surface area contributed by atoms with Gasteiger partial charge in [0.2, 0.25) is 5.82 Å². The zero-order valence-electron chi connectivity index (χ0n) is 9.72. The van der Waals surface area contributed by atoms with Crippen LogP contribution < -0.4 is 5.32 Å². The SMILES string of the molecule is C=CCC(NC(=O)c1n[nH]c(C2CC2)n1)C(=O)O. The molecule has 0 aromatic carbocycles. The van der Waals surface area contributed by atoms with Gasteiger partial charge in [-0.15, -0.1) is 11.7 Å². The highest BCUT2D eigenvalue weighted by Crippen LogP contribution is 2.37. The number of carboxylic acids is 1. The number of hydrogen-bond acceptors (Lipinski definition) is 4. The molecular weight excluding hydrogens is 236 g/mol. The fraction of sp³-hybridized carbons (Fsp3) is 0.455. The molecule has 0 radical (unpaired) electrons. The number of carboxylic acid groups (broad SMARTS) is 1. The van der Waals surface area contributed by atoms with Crippen molar-refractivity contribution in [2.45, 2.75) is 31.2 Å². The number of hydrogen-bond donors (Lipinski definition) is 3. The van der Waals surface area contributed by atoms with Crippen molar-refractivity contribution in [1.82, 2.24) is 20.5 Å². The Kier molecular flexibility index (Phi) is 3.40. The molecule has 2 rings (SSSR count). The average molecular weight is 250 g/mol. The highest BCUT2D eigenvalue weighted by atomic mass is 16.4. The summed E-state index contributed by atoms with van der Waals surface area (Å²) in [6.45, 7) is 3.45. The smallest absolute Gasteiger partial charge is 0.326 e. The van der Waals surface area contributed by atoms with E-state index in [1.165, 1.54) is 6.08 Å². The second kappa shape index (κ2) is 4.99. The van der Waals surface area contributed by atoms with E-state index < -0.39 is 17.9 Å². The zero-order chi connectivity index (χ0) is 13.1. The van der Waals surface area contributed by atoms with Crippen LogP contribution in [0.3, 0.4) is 0 Å². The summed E-state index contributed by atoms with van der Waals surface area (Å²) in [4.78, 5) is 26.7. The van der Waals surface area contributed by atoms with Crippen LogP contribution in [0.2, 0.25) is 0 Å². The lowest BCUT2D eigenvalue weighted by molar-refractivity contribution is -0.139. The van der Waals surface area contributed by atoms with Crippen LogP contribution >= 0.6 is 0 Å². The first-order chi connectivity index (χ1) is 8.61. The molecule has 3 N–H and O–H groups in total. The summed E-state index contributed by atoms with van der Waals surface area (Å²) in [5.41, 5.74) is 0. The van der Waals surface area contributed by atoms with E-state index in [2.05, 4.69) is 27.1 Å². The van der Waals surface area contributed by atoms with Crippen LogP contribution in [0.5, 0.6) is 0 Å². The second-order valence-corrected chi connectivity index (χ2v) is 4.21. The van der Waals surface area contributed by atoms with Crippen LogP contribution in [0.25, 0.3) is 0 Å². The standard InChI is InChI=1S/C11H14N4O3/c1-2-3-7(11(17)18)12-10(16)9-13-8(14-15-9)6-4-5-6/h2,6-7H,1,3-5H2,(H,12,16)(H,17,18)(H,13,14,15). The third kappa shape index (κ3) is 2.73. The van der Waals surface area contributed by atoms with Crippen molar-refractivity contribution in [1.29, 1.82) is 0 Å². The van der Waals surface area contributed by atoms with Crippen molar-refractivity contribution in [3.05, 3.63) is 24.3 Å². The number of nitrogens with zero attached hydrogens (tertiary/aromatic N) is 2. The van der Waals surface area contributed by atoms with Crippen molar-refractivity contribution in [3.8, 4) is 0 Å². The number of amides is 1. The van der Waals surface area contributed by atoms with E-state index in [4.69, 9.17) is 5.11 Å². The molecule has 1 saturated carbocycles. The first-order valence-corrected chi connectivity index (χ1v) is 5.68. The van der Waals surface area contributed by atoms with Gasteiger partial charge in [0.25, 0.3) is 5.91 Å². The van der Waals surface area contributed by atoms with Crippen LogP contribution in [0.1, 0.15) is 41.6 Å². The van der Waals surface area contributed by atoms with E-state index in [1.807, 2.05) is 0 Å². The molecule has 0 bridgehead atoms. The van der Waals surface area contributed by atoms with Crippen LogP contribution in [0, 0.1) is 0 Å². The monoisotopic (exact) mass is 250 g/mol. The lowest BCUT2D eigenvalue weighted by Crippen LogP contribution is -2.40. The molecule has 7 nitrogen and oxygen atoms in total. The number of aromatic amines is 1. The number of carbonyl (C=O) groups excluding carboxylic acids is 1. The Balaban J connectivity index is 2.00. The summed E-state index contributed by atoms with van der Waals surface area (Å²) in [7, 11) is 0. The summed E-state index contributed by atoms with van der Waals surface area (Å²) in [6.07, 6.45) is 3.68. The molecule has 1 fully saturated rings. The van der Waals surface area contributed by atoms with E-state index in [1.54, 1.807) is 0 Å². The Bertz CT molecular complexity index is 478. The number of carbonyl (C=O) groups is 2. The fourth-order valence-corrected chi connectivity index (χ4v) is 1.53. The molecule has 18 heavy (non-hydrogen) atoms. The second-order valence-electron chi connectivity index (χ2n) is 4.21. The number of nitrogens with one attached hydrogen (secondary N) is 2. The van der Waals surface area contributed by atoms with Crippen LogP contribution in [-0.2, 0) is 4.79 Å². The maximum Gasteiger partial charge on any atom is 0.326 e. The van der Waals surface area contributed by atoms with Gasteiger partial charge < -0.3 is 10.4 Å². The minimum atomic E-state index is -1.11. The van der Waals surface area contributed by atoms with Gasteiger partial charge in [-0.3, -0.25) is 9.89 Å². The highest BCUT2D eigenvalue weighted by Gasteiger charge is 2.29. The van der Waals surface area contributed by atoms with Crippen LogP contribution in [0.15, 0.2) is 12.7 Å². The van der Waals surface area contributed by atoms with E-state index >= 15 is 0 Å². The van der Waals surface area contributed by atoms with Crippen LogP contribution in [-0.4, -0.2) is 38.2 Å². The number of rotatable bonds is 6. The van der Waals surface area contributed by atoms with E-state index in [-0.39, 0.29) is 12.2 Å². The van der Waals surface area contributed by atoms with Crippen LogP contribution in [0.4, 0.5) is 0 Å². The molecule has 1 aromatic rings. The molecular formula is C11H14N4O3. The zero-order valence-corrected chi connectivity index (χ0v) is 9.72. The van der Waals surface area contributed by atoms with Gasteiger partial charge in [-0.05, 0) is 19.3 Å². The maximum atomic E-state index is 11.7. The molecule has 1 unspecified atom stereocenters. The predicted molar refractivity (Wildman–Crippen MR) is 62.1 cm³/mol. The summed E-state index contributed by atoms with van der Waals surface area (Å²) in [5.74, 6) is -0.668. The van der Waals surface area contributed by atoms with Gasteiger partial charge in [0.1, 0.15) is 11.9 Å². The van der Waals surface area contributed by atoms with Crippen molar-refractivity contribution >= 4 is 11.9 Å². The Morgan fingerprint density at radius 1 is 1.61 bits per heavy atom. The molecule has 96 valence electrons. The third-order valence-corrected chi connectivity index (χ3v) is 2.68. The van der Waals surface area contributed by atoms with Gasteiger partial charge in [0.05, 0.1) is 0 Å². The fourth-order valence-electron chi connectivity index (χ4n) is 1.53. The molecule has 1 amide bonds. The number of H-pyrrole nitrogens is 1. The molecule has 1 aliphatic rings. The predicted octanol–water partition coefficient (Wildman–Crippen LogP) is 0.441. The average Bonchev–Trinajstić information content (AvgIpc) is 3.06. The molecule has 0 saturated heterocycles. The molecule has 1 atom stereocenters. The lowest BCUT2D eigenvalue weighted by Gasteiger charge is -2.10. The van der Waals surface area contributed by atoms with Gasteiger partial charge in [0.15, 0.2) is 0 Å². The third-order valence-electron chi connectivity index (χ3n) is 2.68. The quantitative estimate of drug-likeness (QED) is 0.635. The minimum Gasteiger partial charge on any atom is -0.480 e. The van der Waals surface area contributed by atoms with Gasteiger partial charge in [-0.25, -0.2) is 9.78 Å². The van der Waals surface area contributed by atoms with E-state index in [0.29, 0.717) is 11.7 Å². The molecule has 1 aromatic heterocycles. The number of aliphatic carboxylic acids is 1. The summed E-state index contributed by atoms with van der Waals surface area (Å²) >= 11 is 0. The molecule has 7 heteroatoms. The Morgan fingerprint density at radius 2 is 2.33 bits per heavy atom. The largest absolute Gasteiger partial charge is 0.480 e. The summed E-state index contributed by atoms with van der Waals surface area (Å²) in [6, 6.07) is -1.00. The molecule has 0 aliphatic heterocycles. The maximum absolute atomic E-state index is 11.7. The highest BCUT2D eigenvalue weighted by molar-refractivity contribution is 5.93. The molecule has 1 heterocycles. The van der Waals surface area contributed by atoms with Gasteiger partial charge in [0, 0.05) is 5.92 Å². The molecule has 1 aliphatic carbocycles. The van der Waals surface area contributed by atoms with Crippen molar-refractivity contribution in [2.75, 3.05) is 0 Å². The van der Waals surface area contributed by atoms with Crippen molar-refractivity contribution < 1.29 is 14.7 Å². The van der Waals surface area contributed by atoms with Crippen molar-refractivity contribution in [2.24, 2.45) is 0 Å². The van der Waals surface area contributed by atoms with E-state index in [0.717, 1.165) is 12.8 Å². The van der Waals surface area contributed by atoms with Crippen molar-refractivity contribution in [3.63, 3.8) is 0 Å². The van der Waals surface area contributed by atoms with Gasteiger partial charge in [-0.2, -0.15) is 0 Å². The normalized spacial score (nSPS) is 16.0. The van der Waals surface area contributed by atoms with Gasteiger partial charge in [-0.1, -0.05) is 6.08 Å².